The molecule has 1 fully saturated rings. The fraction of sp³-hybridized carbons (Fsp3) is 0.333. The molecule has 1 aliphatic rings. The summed E-state index contributed by atoms with van der Waals surface area (Å²) < 4.78 is 27.7. The van der Waals surface area contributed by atoms with Gasteiger partial charge in [0.15, 0.2) is 0 Å². The van der Waals surface area contributed by atoms with Crippen LogP contribution in [-0.2, 0) is 32.6 Å². The number of hydrogen-bond donors (Lipinski definition) is 1. The SMILES string of the molecule is CS(=O)(=O)N(CC(=O)N(Cc1cccc(Br)c1)[C@H](Cc1ccccc1)C(=O)NC1CCCC1)c1cc(Cl)ccc1Cl. The highest BCUT2D eigenvalue weighted by Gasteiger charge is 2.34. The molecule has 1 N–H and O–H groups in total. The molecule has 7 nitrogen and oxygen atoms in total. The Hall–Kier alpha value is -2.59. The Morgan fingerprint density at radius 2 is 1.66 bits per heavy atom. The number of anilines is 1. The Morgan fingerprint density at radius 1 is 0.976 bits per heavy atom. The summed E-state index contributed by atoms with van der Waals surface area (Å²) in [7, 11) is -3.95. The van der Waals surface area contributed by atoms with Gasteiger partial charge < -0.3 is 10.2 Å². The third-order valence-electron chi connectivity index (χ3n) is 7.07. The van der Waals surface area contributed by atoms with Crippen LogP contribution in [0, 0.1) is 0 Å². The van der Waals surface area contributed by atoms with E-state index in [4.69, 9.17) is 23.2 Å². The Kier molecular flexibility index (Phi) is 10.7. The highest BCUT2D eigenvalue weighted by molar-refractivity contribution is 9.10. The van der Waals surface area contributed by atoms with Crippen LogP contribution in [0.2, 0.25) is 10.0 Å². The maximum absolute atomic E-state index is 14.2. The molecule has 1 atom stereocenters. The van der Waals surface area contributed by atoms with E-state index in [1.807, 2.05) is 54.6 Å². The van der Waals surface area contributed by atoms with Gasteiger partial charge in [0.1, 0.15) is 12.6 Å². The van der Waals surface area contributed by atoms with Gasteiger partial charge in [-0.25, -0.2) is 8.42 Å². The third kappa shape index (κ3) is 8.70. The van der Waals surface area contributed by atoms with Crippen LogP contribution in [0.1, 0.15) is 36.8 Å². The number of nitrogens with one attached hydrogen (secondary N) is 1. The van der Waals surface area contributed by atoms with Crippen molar-refractivity contribution in [2.75, 3.05) is 17.1 Å². The monoisotopic (exact) mass is 679 g/mol. The van der Waals surface area contributed by atoms with E-state index < -0.39 is 28.5 Å². The van der Waals surface area contributed by atoms with Gasteiger partial charge in [0, 0.05) is 28.5 Å². The minimum Gasteiger partial charge on any atom is -0.352 e. The topological polar surface area (TPSA) is 86.8 Å². The lowest BCUT2D eigenvalue weighted by Crippen LogP contribution is -2.54. The van der Waals surface area contributed by atoms with Gasteiger partial charge in [-0.15, -0.1) is 0 Å². The molecule has 0 spiro atoms. The molecule has 0 aromatic heterocycles. The summed E-state index contributed by atoms with van der Waals surface area (Å²) in [4.78, 5) is 29.5. The largest absolute Gasteiger partial charge is 0.352 e. The van der Waals surface area contributed by atoms with Gasteiger partial charge in [0.05, 0.1) is 17.0 Å². The number of hydrogen-bond acceptors (Lipinski definition) is 4. The smallest absolute Gasteiger partial charge is 0.244 e. The molecule has 11 heteroatoms. The summed E-state index contributed by atoms with van der Waals surface area (Å²) >= 11 is 16.0. The van der Waals surface area contributed by atoms with Gasteiger partial charge in [0.25, 0.3) is 0 Å². The minimum absolute atomic E-state index is 0.0429. The lowest BCUT2D eigenvalue weighted by atomic mass is 10.0. The van der Waals surface area contributed by atoms with Gasteiger partial charge in [-0.1, -0.05) is 94.4 Å². The lowest BCUT2D eigenvalue weighted by Gasteiger charge is -2.34. The van der Waals surface area contributed by atoms with Crippen LogP contribution in [0.15, 0.2) is 77.3 Å². The van der Waals surface area contributed by atoms with Gasteiger partial charge in [0.2, 0.25) is 21.8 Å². The molecule has 0 saturated heterocycles. The quantitative estimate of drug-likeness (QED) is 0.261. The summed E-state index contributed by atoms with van der Waals surface area (Å²) in [6.45, 7) is -0.469. The van der Waals surface area contributed by atoms with E-state index in [9.17, 15) is 18.0 Å². The molecule has 218 valence electrons. The zero-order chi connectivity index (χ0) is 29.6. The molecule has 4 rings (SSSR count). The van der Waals surface area contributed by atoms with Crippen LogP contribution in [0.5, 0.6) is 0 Å². The minimum atomic E-state index is -3.95. The van der Waals surface area contributed by atoms with Gasteiger partial charge in [-0.05, 0) is 54.3 Å². The van der Waals surface area contributed by atoms with Gasteiger partial charge >= 0.3 is 0 Å². The van der Waals surface area contributed by atoms with Crippen LogP contribution < -0.4 is 9.62 Å². The number of nitrogens with zero attached hydrogens (tertiary/aromatic N) is 2. The van der Waals surface area contributed by atoms with E-state index in [1.165, 1.54) is 17.0 Å². The Balaban J connectivity index is 1.74. The first-order valence-electron chi connectivity index (χ1n) is 13.3. The van der Waals surface area contributed by atoms with Crippen LogP contribution in [0.25, 0.3) is 0 Å². The first kappa shape index (κ1) is 31.3. The number of halogens is 3. The van der Waals surface area contributed by atoms with Gasteiger partial charge in [-0.3, -0.25) is 13.9 Å². The Morgan fingerprint density at radius 3 is 2.32 bits per heavy atom. The number of amides is 2. The summed E-state index contributed by atoms with van der Waals surface area (Å²) in [6.07, 6.45) is 5.12. The molecular weight excluding hydrogens is 649 g/mol. The summed E-state index contributed by atoms with van der Waals surface area (Å²) in [5, 5.41) is 3.55. The van der Waals surface area contributed by atoms with Crippen molar-refractivity contribution in [3.8, 4) is 0 Å². The number of sulfonamides is 1. The first-order chi connectivity index (χ1) is 19.5. The molecule has 3 aromatic carbocycles. The van der Waals surface area contributed by atoms with Crippen molar-refractivity contribution in [2.24, 2.45) is 0 Å². The number of carbonyl (C=O) groups is 2. The van der Waals surface area contributed by atoms with Crippen LogP contribution in [0.4, 0.5) is 5.69 Å². The number of carbonyl (C=O) groups excluding carboxylic acids is 2. The van der Waals surface area contributed by atoms with Crippen LogP contribution in [0.3, 0.4) is 0 Å². The fourth-order valence-electron chi connectivity index (χ4n) is 5.03. The molecule has 0 heterocycles. The van der Waals surface area contributed by atoms with Crippen molar-refractivity contribution in [2.45, 2.75) is 50.7 Å². The number of benzene rings is 3. The van der Waals surface area contributed by atoms with Crippen LogP contribution in [-0.4, -0.2) is 50.0 Å². The molecule has 0 unspecified atom stereocenters. The zero-order valence-corrected chi connectivity index (χ0v) is 26.5. The zero-order valence-electron chi connectivity index (χ0n) is 22.6. The average molecular weight is 681 g/mol. The van der Waals surface area contributed by atoms with Crippen molar-refractivity contribution in [3.63, 3.8) is 0 Å². The van der Waals surface area contributed by atoms with E-state index in [1.54, 1.807) is 6.07 Å². The highest BCUT2D eigenvalue weighted by atomic mass is 79.9. The molecule has 1 aliphatic carbocycles. The normalized spacial score (nSPS) is 14.4. The second-order valence-corrected chi connectivity index (χ2v) is 13.9. The summed E-state index contributed by atoms with van der Waals surface area (Å²) in [5.74, 6) is -0.815. The van der Waals surface area contributed by atoms with E-state index in [0.717, 1.165) is 51.8 Å². The van der Waals surface area contributed by atoms with E-state index >= 15 is 0 Å². The van der Waals surface area contributed by atoms with Crippen molar-refractivity contribution < 1.29 is 18.0 Å². The maximum Gasteiger partial charge on any atom is 0.244 e. The summed E-state index contributed by atoms with van der Waals surface area (Å²) in [5.41, 5.74) is 1.75. The van der Waals surface area contributed by atoms with Crippen molar-refractivity contribution in [1.82, 2.24) is 10.2 Å². The van der Waals surface area contributed by atoms with E-state index in [-0.39, 0.29) is 40.6 Å². The van der Waals surface area contributed by atoms with Crippen molar-refractivity contribution in [3.05, 3.63) is 98.4 Å². The first-order valence-corrected chi connectivity index (χ1v) is 16.7. The third-order valence-corrected chi connectivity index (χ3v) is 9.25. The second-order valence-electron chi connectivity index (χ2n) is 10.2. The summed E-state index contributed by atoms with van der Waals surface area (Å²) in [6, 6.07) is 20.5. The molecule has 0 aliphatic heterocycles. The average Bonchev–Trinajstić information content (AvgIpc) is 3.43. The maximum atomic E-state index is 14.2. The molecular formula is C30H32BrCl2N3O4S. The van der Waals surface area contributed by atoms with E-state index in [0.29, 0.717) is 0 Å². The lowest BCUT2D eigenvalue weighted by molar-refractivity contribution is -0.140. The Labute approximate surface area is 260 Å². The highest BCUT2D eigenvalue weighted by Crippen LogP contribution is 2.31. The number of rotatable bonds is 11. The van der Waals surface area contributed by atoms with Gasteiger partial charge in [-0.2, -0.15) is 0 Å². The molecule has 0 radical (unpaired) electrons. The van der Waals surface area contributed by atoms with Crippen molar-refractivity contribution >= 4 is 66.7 Å². The predicted octanol–water partition coefficient (Wildman–Crippen LogP) is 6.22. The molecule has 1 saturated carbocycles. The molecule has 3 aromatic rings. The van der Waals surface area contributed by atoms with Crippen molar-refractivity contribution in [1.29, 1.82) is 0 Å². The van der Waals surface area contributed by atoms with Crippen LogP contribution >= 0.6 is 39.1 Å². The van der Waals surface area contributed by atoms with E-state index in [2.05, 4.69) is 21.2 Å². The standard InChI is InChI=1S/C30H32BrCl2N3O4S/c1-41(39,40)36(27-18-24(32)14-15-26(27)33)20-29(37)35(19-22-10-7-11-23(31)16-22)28(17-21-8-3-2-4-9-21)30(38)34-25-12-5-6-13-25/h2-4,7-11,14-16,18,25,28H,5-6,12-13,17,19-20H2,1H3,(H,34,38)/t28-/m1/s1. The predicted molar refractivity (Wildman–Crippen MR) is 168 cm³/mol. The molecule has 41 heavy (non-hydrogen) atoms. The second kappa shape index (κ2) is 14.1. The molecule has 2 amide bonds. The molecule has 0 bridgehead atoms. The fourth-order valence-corrected chi connectivity index (χ4v) is 6.76. The Bertz CT molecular complexity index is 1480.